The second-order valence-electron chi connectivity index (χ2n) is 6.26. The average Bonchev–Trinajstić information content (AvgIpc) is 2.92. The number of nitrogens with zero attached hydrogens (tertiary/aromatic N) is 1. The van der Waals surface area contributed by atoms with Crippen LogP contribution in [0.4, 0.5) is 9.80 Å². The molecule has 128 valence electrons. The van der Waals surface area contributed by atoms with Crippen LogP contribution in [0.25, 0.3) is 10.1 Å². The van der Waals surface area contributed by atoms with Gasteiger partial charge in [0.05, 0.1) is 5.56 Å². The number of fused-ring (bicyclic) bond motifs is 1. The third-order valence-electron chi connectivity index (χ3n) is 4.44. The number of hydrogen-bond donors (Lipinski definition) is 2. The van der Waals surface area contributed by atoms with Crippen molar-refractivity contribution >= 4 is 38.4 Å². The molecule has 0 aliphatic carbocycles. The molecule has 24 heavy (non-hydrogen) atoms. The van der Waals surface area contributed by atoms with Crippen molar-refractivity contribution in [2.45, 2.75) is 26.7 Å². The predicted molar refractivity (Wildman–Crippen MR) is 98.8 cm³/mol. The van der Waals surface area contributed by atoms with E-state index in [9.17, 15) is 9.59 Å². The van der Waals surface area contributed by atoms with Gasteiger partial charge in [0.2, 0.25) is 0 Å². The maximum absolute atomic E-state index is 13.1. The number of likely N-dealkylation sites (tertiary alicyclic amines) is 1. The maximum atomic E-state index is 13.1. The summed E-state index contributed by atoms with van der Waals surface area (Å²) in [5.41, 5.74) is 0.622. The molecular weight excluding hydrogens is 322 g/mol. The van der Waals surface area contributed by atoms with Gasteiger partial charge in [-0.1, -0.05) is 25.1 Å². The molecule has 3 amide bonds. The number of carbonyl (C=O) groups excluding carboxylic acids is 2. The highest BCUT2D eigenvalue weighted by molar-refractivity contribution is 7.23. The minimum Gasteiger partial charge on any atom is -0.339 e. The summed E-state index contributed by atoms with van der Waals surface area (Å²) in [4.78, 5) is 27.0. The van der Waals surface area contributed by atoms with Crippen LogP contribution in [-0.2, 0) is 0 Å². The standard InChI is InChI=1S/C18H23N3O2S/c1-3-19-18(23)20-16-15(13-6-4-5-7-14(13)24-16)17(22)21-10-8-12(2)9-11-21/h4-7,12H,3,8-11H2,1-2H3,(H2,19,20,23). The highest BCUT2D eigenvalue weighted by Gasteiger charge is 2.27. The lowest BCUT2D eigenvalue weighted by Gasteiger charge is -2.30. The van der Waals surface area contributed by atoms with E-state index in [0.29, 0.717) is 23.0 Å². The number of carbonyl (C=O) groups is 2. The molecule has 1 fully saturated rings. The van der Waals surface area contributed by atoms with E-state index in [4.69, 9.17) is 0 Å². The van der Waals surface area contributed by atoms with Gasteiger partial charge in [0.25, 0.3) is 5.91 Å². The second-order valence-corrected chi connectivity index (χ2v) is 7.31. The molecule has 0 saturated carbocycles. The van der Waals surface area contributed by atoms with E-state index in [2.05, 4.69) is 17.6 Å². The number of amides is 3. The van der Waals surface area contributed by atoms with Crippen LogP contribution in [0.15, 0.2) is 24.3 Å². The molecule has 0 radical (unpaired) electrons. The molecule has 6 heteroatoms. The molecule has 2 heterocycles. The van der Waals surface area contributed by atoms with Crippen molar-refractivity contribution < 1.29 is 9.59 Å². The fraction of sp³-hybridized carbons (Fsp3) is 0.444. The Labute approximate surface area is 146 Å². The molecule has 1 aliphatic rings. The van der Waals surface area contributed by atoms with E-state index in [0.717, 1.165) is 36.0 Å². The number of benzene rings is 1. The van der Waals surface area contributed by atoms with Crippen LogP contribution >= 0.6 is 11.3 Å². The molecular formula is C18H23N3O2S. The van der Waals surface area contributed by atoms with Crippen molar-refractivity contribution in [1.29, 1.82) is 0 Å². The Morgan fingerprint density at radius 2 is 1.96 bits per heavy atom. The van der Waals surface area contributed by atoms with Gasteiger partial charge in [-0.25, -0.2) is 4.79 Å². The average molecular weight is 345 g/mol. The number of urea groups is 1. The summed E-state index contributed by atoms with van der Waals surface area (Å²) < 4.78 is 1.01. The molecule has 1 aromatic heterocycles. The Morgan fingerprint density at radius 1 is 1.25 bits per heavy atom. The number of nitrogens with one attached hydrogen (secondary N) is 2. The largest absolute Gasteiger partial charge is 0.339 e. The van der Waals surface area contributed by atoms with Crippen LogP contribution in [-0.4, -0.2) is 36.5 Å². The summed E-state index contributed by atoms with van der Waals surface area (Å²) in [6.07, 6.45) is 2.07. The van der Waals surface area contributed by atoms with Gasteiger partial charge in [0, 0.05) is 29.7 Å². The van der Waals surface area contributed by atoms with Gasteiger partial charge in [-0.15, -0.1) is 11.3 Å². The molecule has 0 spiro atoms. The molecule has 2 N–H and O–H groups in total. The summed E-state index contributed by atoms with van der Waals surface area (Å²) in [7, 11) is 0. The first-order valence-corrected chi connectivity index (χ1v) is 9.27. The molecule has 0 atom stereocenters. The minimum absolute atomic E-state index is 0.0196. The van der Waals surface area contributed by atoms with Crippen LogP contribution in [0, 0.1) is 5.92 Å². The van der Waals surface area contributed by atoms with Gasteiger partial charge in [0.1, 0.15) is 5.00 Å². The van der Waals surface area contributed by atoms with E-state index >= 15 is 0 Å². The number of anilines is 1. The number of hydrogen-bond acceptors (Lipinski definition) is 3. The Kier molecular flexibility index (Phi) is 5.04. The van der Waals surface area contributed by atoms with Gasteiger partial charge in [-0.2, -0.15) is 0 Å². The zero-order valence-corrected chi connectivity index (χ0v) is 14.9. The first kappa shape index (κ1) is 16.8. The molecule has 1 saturated heterocycles. The van der Waals surface area contributed by atoms with Crippen molar-refractivity contribution in [3.63, 3.8) is 0 Å². The molecule has 5 nitrogen and oxygen atoms in total. The molecule has 1 aliphatic heterocycles. The fourth-order valence-electron chi connectivity index (χ4n) is 3.02. The van der Waals surface area contributed by atoms with Crippen molar-refractivity contribution in [1.82, 2.24) is 10.2 Å². The Bertz CT molecular complexity index is 748. The second kappa shape index (κ2) is 7.21. The first-order valence-electron chi connectivity index (χ1n) is 8.45. The summed E-state index contributed by atoms with van der Waals surface area (Å²) in [6, 6.07) is 7.54. The maximum Gasteiger partial charge on any atom is 0.319 e. The topological polar surface area (TPSA) is 61.4 Å². The Balaban J connectivity index is 1.94. The third-order valence-corrected chi connectivity index (χ3v) is 5.53. The Morgan fingerprint density at radius 3 is 2.67 bits per heavy atom. The lowest BCUT2D eigenvalue weighted by Crippen LogP contribution is -2.38. The highest BCUT2D eigenvalue weighted by Crippen LogP contribution is 2.37. The highest BCUT2D eigenvalue weighted by atomic mass is 32.1. The van der Waals surface area contributed by atoms with Gasteiger partial charge in [-0.05, 0) is 31.7 Å². The number of rotatable bonds is 3. The fourth-order valence-corrected chi connectivity index (χ4v) is 4.11. The van der Waals surface area contributed by atoms with E-state index in [1.165, 1.54) is 11.3 Å². The summed E-state index contributed by atoms with van der Waals surface area (Å²) in [5, 5.41) is 7.12. The predicted octanol–water partition coefficient (Wildman–Crippen LogP) is 3.91. The SMILES string of the molecule is CCNC(=O)Nc1sc2ccccc2c1C(=O)N1CCC(C)CC1. The van der Waals surface area contributed by atoms with Crippen LogP contribution in [0.5, 0.6) is 0 Å². The molecule has 0 bridgehead atoms. The zero-order valence-electron chi connectivity index (χ0n) is 14.1. The summed E-state index contributed by atoms with van der Waals surface area (Å²) >= 11 is 1.45. The van der Waals surface area contributed by atoms with E-state index < -0.39 is 0 Å². The third kappa shape index (κ3) is 3.38. The first-order chi connectivity index (χ1) is 11.6. The Hall–Kier alpha value is -2.08. The van der Waals surface area contributed by atoms with E-state index in [1.807, 2.05) is 36.1 Å². The lowest BCUT2D eigenvalue weighted by molar-refractivity contribution is 0.0700. The van der Waals surface area contributed by atoms with Gasteiger partial charge in [0.15, 0.2) is 0 Å². The van der Waals surface area contributed by atoms with Crippen LogP contribution in [0.1, 0.15) is 37.0 Å². The smallest absolute Gasteiger partial charge is 0.319 e. The van der Waals surface area contributed by atoms with E-state index in [-0.39, 0.29) is 11.9 Å². The van der Waals surface area contributed by atoms with Crippen molar-refractivity contribution in [3.05, 3.63) is 29.8 Å². The zero-order chi connectivity index (χ0) is 17.1. The molecule has 1 aromatic carbocycles. The summed E-state index contributed by atoms with van der Waals surface area (Å²) in [6.45, 7) is 6.20. The molecule has 0 unspecified atom stereocenters. The molecule has 2 aromatic rings. The van der Waals surface area contributed by atoms with Crippen molar-refractivity contribution in [2.24, 2.45) is 5.92 Å². The van der Waals surface area contributed by atoms with Crippen molar-refractivity contribution in [2.75, 3.05) is 25.0 Å². The lowest BCUT2D eigenvalue weighted by atomic mass is 9.98. The van der Waals surface area contributed by atoms with Gasteiger partial charge >= 0.3 is 6.03 Å². The number of piperidine rings is 1. The van der Waals surface area contributed by atoms with Crippen molar-refractivity contribution in [3.8, 4) is 0 Å². The minimum atomic E-state index is -0.273. The van der Waals surface area contributed by atoms with Crippen LogP contribution in [0.2, 0.25) is 0 Å². The monoisotopic (exact) mass is 345 g/mol. The van der Waals surface area contributed by atoms with Crippen LogP contribution in [0.3, 0.4) is 0 Å². The van der Waals surface area contributed by atoms with E-state index in [1.54, 1.807) is 0 Å². The van der Waals surface area contributed by atoms with Crippen LogP contribution < -0.4 is 10.6 Å². The number of thiophene rings is 1. The normalized spacial score (nSPS) is 15.5. The quantitative estimate of drug-likeness (QED) is 0.886. The van der Waals surface area contributed by atoms with Gasteiger partial charge in [-0.3, -0.25) is 10.1 Å². The van der Waals surface area contributed by atoms with Gasteiger partial charge < -0.3 is 10.2 Å². The molecule has 3 rings (SSSR count). The summed E-state index contributed by atoms with van der Waals surface area (Å²) in [5.74, 6) is 0.687.